The SMILES string of the molecule is C=C(CI)C(=O)OC. The standard InChI is InChI=1S/C5H7IO2/c1-4(3-6)5(7)8-2/h1,3H2,2H3. The molecule has 0 unspecified atom stereocenters. The highest BCUT2D eigenvalue weighted by atomic mass is 127. The zero-order valence-corrected chi connectivity index (χ0v) is 6.77. The van der Waals surface area contributed by atoms with Gasteiger partial charge in [0.15, 0.2) is 0 Å². The quantitative estimate of drug-likeness (QED) is 0.305. The Kier molecular flexibility index (Phi) is 3.85. The minimum absolute atomic E-state index is 0.320. The maximum absolute atomic E-state index is 10.4. The summed E-state index contributed by atoms with van der Waals surface area (Å²) in [5.41, 5.74) is 0.508. The number of rotatable bonds is 2. The van der Waals surface area contributed by atoms with Crippen molar-refractivity contribution in [2.45, 2.75) is 0 Å². The maximum Gasteiger partial charge on any atom is 0.333 e. The third kappa shape index (κ3) is 2.30. The van der Waals surface area contributed by atoms with Crippen LogP contribution in [0, 0.1) is 0 Å². The molecule has 0 heterocycles. The van der Waals surface area contributed by atoms with Gasteiger partial charge in [-0.15, -0.1) is 0 Å². The average molecular weight is 226 g/mol. The van der Waals surface area contributed by atoms with Gasteiger partial charge in [0.05, 0.1) is 7.11 Å². The Morgan fingerprint density at radius 2 is 2.38 bits per heavy atom. The number of alkyl halides is 1. The van der Waals surface area contributed by atoms with Crippen LogP contribution in [0.25, 0.3) is 0 Å². The molecule has 0 aromatic carbocycles. The molecule has 3 heteroatoms. The number of carbonyl (C=O) groups is 1. The zero-order valence-electron chi connectivity index (χ0n) is 4.61. The lowest BCUT2D eigenvalue weighted by Crippen LogP contribution is -2.03. The summed E-state index contributed by atoms with van der Waals surface area (Å²) < 4.78 is 4.99. The molecule has 0 rings (SSSR count). The summed E-state index contributed by atoms with van der Waals surface area (Å²) >= 11 is 2.05. The van der Waals surface area contributed by atoms with Crippen molar-refractivity contribution in [1.29, 1.82) is 0 Å². The van der Waals surface area contributed by atoms with E-state index in [-0.39, 0.29) is 5.97 Å². The lowest BCUT2D eigenvalue weighted by molar-refractivity contribution is -0.135. The minimum atomic E-state index is -0.320. The van der Waals surface area contributed by atoms with E-state index in [1.54, 1.807) is 0 Å². The Morgan fingerprint density at radius 1 is 1.88 bits per heavy atom. The molecule has 0 fully saturated rings. The van der Waals surface area contributed by atoms with E-state index >= 15 is 0 Å². The van der Waals surface area contributed by atoms with Crippen LogP contribution < -0.4 is 0 Å². The van der Waals surface area contributed by atoms with Crippen molar-refractivity contribution in [3.05, 3.63) is 12.2 Å². The van der Waals surface area contributed by atoms with Crippen LogP contribution in [-0.4, -0.2) is 17.5 Å². The van der Waals surface area contributed by atoms with E-state index in [0.29, 0.717) is 10.0 Å². The lowest BCUT2D eigenvalue weighted by atomic mass is 10.4. The summed E-state index contributed by atoms with van der Waals surface area (Å²) in [7, 11) is 1.35. The van der Waals surface area contributed by atoms with Crippen LogP contribution in [0.15, 0.2) is 12.2 Å². The number of ether oxygens (including phenoxy) is 1. The molecule has 0 N–H and O–H groups in total. The highest BCUT2D eigenvalue weighted by Gasteiger charge is 2.01. The van der Waals surface area contributed by atoms with Gasteiger partial charge in [-0.2, -0.15) is 0 Å². The molecule has 0 saturated heterocycles. The summed E-state index contributed by atoms with van der Waals surface area (Å²) in [6, 6.07) is 0. The van der Waals surface area contributed by atoms with Crippen molar-refractivity contribution in [2.24, 2.45) is 0 Å². The number of halogens is 1. The molecule has 0 bridgehead atoms. The van der Waals surface area contributed by atoms with E-state index in [1.807, 2.05) is 0 Å². The topological polar surface area (TPSA) is 26.3 Å². The molecule has 0 aliphatic carbocycles. The average Bonchev–Trinajstić information content (AvgIpc) is 1.84. The fraction of sp³-hybridized carbons (Fsp3) is 0.400. The second kappa shape index (κ2) is 3.88. The number of esters is 1. The van der Waals surface area contributed by atoms with Crippen LogP contribution in [-0.2, 0) is 9.53 Å². The summed E-state index contributed by atoms with van der Waals surface area (Å²) in [4.78, 5) is 10.4. The Balaban J connectivity index is 3.64. The van der Waals surface area contributed by atoms with E-state index in [9.17, 15) is 4.79 Å². The van der Waals surface area contributed by atoms with E-state index in [1.165, 1.54) is 7.11 Å². The molecule has 2 nitrogen and oxygen atoms in total. The first kappa shape index (κ1) is 7.94. The number of hydrogen-bond acceptors (Lipinski definition) is 2. The van der Waals surface area contributed by atoms with Crippen LogP contribution in [0.4, 0.5) is 0 Å². The molecule has 46 valence electrons. The predicted octanol–water partition coefficient (Wildman–Crippen LogP) is 1.15. The first-order valence-corrected chi connectivity index (χ1v) is 3.57. The summed E-state index contributed by atoms with van der Waals surface area (Å²) in [6.45, 7) is 3.46. The second-order valence-electron chi connectivity index (χ2n) is 1.23. The van der Waals surface area contributed by atoms with Crippen LogP contribution in [0.1, 0.15) is 0 Å². The van der Waals surface area contributed by atoms with Crippen LogP contribution in [0.3, 0.4) is 0 Å². The Bertz CT molecular complexity index is 95.0. The molecule has 0 amide bonds. The molecule has 0 radical (unpaired) electrons. The number of carbonyl (C=O) groups excluding carboxylic acids is 1. The summed E-state index contributed by atoms with van der Waals surface area (Å²) in [5, 5.41) is 0. The molecular weight excluding hydrogens is 219 g/mol. The van der Waals surface area contributed by atoms with E-state index in [2.05, 4.69) is 33.9 Å². The van der Waals surface area contributed by atoms with Gasteiger partial charge in [-0.25, -0.2) is 4.79 Å². The second-order valence-corrected chi connectivity index (χ2v) is 1.99. The number of hydrogen-bond donors (Lipinski definition) is 0. The van der Waals surface area contributed by atoms with Gasteiger partial charge >= 0.3 is 5.97 Å². The Labute approximate surface area is 62.0 Å². The molecule has 0 aromatic rings. The lowest BCUT2D eigenvalue weighted by Gasteiger charge is -1.95. The van der Waals surface area contributed by atoms with E-state index < -0.39 is 0 Å². The Morgan fingerprint density at radius 3 is 2.50 bits per heavy atom. The highest BCUT2D eigenvalue weighted by molar-refractivity contribution is 14.1. The molecule has 0 atom stereocenters. The van der Waals surface area contributed by atoms with Gasteiger partial charge in [0.25, 0.3) is 0 Å². The smallest absolute Gasteiger partial charge is 0.333 e. The molecule has 0 saturated carbocycles. The predicted molar refractivity (Wildman–Crippen MR) is 40.0 cm³/mol. The van der Waals surface area contributed by atoms with E-state index in [0.717, 1.165) is 0 Å². The molecule has 8 heavy (non-hydrogen) atoms. The van der Waals surface area contributed by atoms with Crippen LogP contribution in [0.5, 0.6) is 0 Å². The summed E-state index contributed by atoms with van der Waals surface area (Å²) in [6.07, 6.45) is 0. The van der Waals surface area contributed by atoms with Crippen LogP contribution >= 0.6 is 22.6 Å². The molecule has 0 spiro atoms. The van der Waals surface area contributed by atoms with Crippen molar-refractivity contribution in [2.75, 3.05) is 11.5 Å². The van der Waals surface area contributed by atoms with Gasteiger partial charge in [-0.3, -0.25) is 0 Å². The fourth-order valence-corrected chi connectivity index (χ4v) is 0.510. The van der Waals surface area contributed by atoms with Crippen molar-refractivity contribution in [3.63, 3.8) is 0 Å². The zero-order chi connectivity index (χ0) is 6.57. The third-order valence-corrected chi connectivity index (χ3v) is 1.56. The van der Waals surface area contributed by atoms with Gasteiger partial charge < -0.3 is 4.74 Å². The molecule has 0 aliphatic heterocycles. The monoisotopic (exact) mass is 226 g/mol. The third-order valence-electron chi connectivity index (χ3n) is 0.635. The Hall–Kier alpha value is -0.0600. The molecule has 0 aliphatic rings. The summed E-state index contributed by atoms with van der Waals surface area (Å²) in [5.74, 6) is -0.320. The van der Waals surface area contributed by atoms with Crippen molar-refractivity contribution >= 4 is 28.6 Å². The number of methoxy groups -OCH3 is 1. The highest BCUT2D eigenvalue weighted by Crippen LogP contribution is 1.97. The first-order valence-electron chi connectivity index (χ1n) is 2.04. The van der Waals surface area contributed by atoms with Gasteiger partial charge in [0, 0.05) is 10.0 Å². The van der Waals surface area contributed by atoms with Gasteiger partial charge in [0.1, 0.15) is 0 Å². The fourth-order valence-electron chi connectivity index (χ4n) is 0.199. The van der Waals surface area contributed by atoms with E-state index in [4.69, 9.17) is 0 Å². The normalized spacial score (nSPS) is 8.25. The molecular formula is C5H7IO2. The van der Waals surface area contributed by atoms with Crippen molar-refractivity contribution in [1.82, 2.24) is 0 Å². The largest absolute Gasteiger partial charge is 0.466 e. The first-order chi connectivity index (χ1) is 3.72. The molecule has 0 aromatic heterocycles. The van der Waals surface area contributed by atoms with Gasteiger partial charge in [-0.1, -0.05) is 29.2 Å². The van der Waals surface area contributed by atoms with Crippen molar-refractivity contribution in [3.8, 4) is 0 Å². The maximum atomic E-state index is 10.4. The van der Waals surface area contributed by atoms with Gasteiger partial charge in [0.2, 0.25) is 0 Å². The minimum Gasteiger partial charge on any atom is -0.466 e. The van der Waals surface area contributed by atoms with Gasteiger partial charge in [-0.05, 0) is 0 Å². The van der Waals surface area contributed by atoms with Crippen LogP contribution in [0.2, 0.25) is 0 Å². The van der Waals surface area contributed by atoms with Crippen molar-refractivity contribution < 1.29 is 9.53 Å².